The summed E-state index contributed by atoms with van der Waals surface area (Å²) in [5.41, 5.74) is 11.4. The number of aromatic nitrogens is 5. The van der Waals surface area contributed by atoms with Crippen molar-refractivity contribution in [3.63, 3.8) is 0 Å². The van der Waals surface area contributed by atoms with Crippen LogP contribution in [0.1, 0.15) is 0 Å². The number of hydrogen-bond acceptors (Lipinski definition) is 2. The predicted molar refractivity (Wildman–Crippen MR) is 183 cm³/mol. The standard InChI is InChI=1S/C40H27N5.Pt/c1-43-36-21-9-7-18-33(36)41-39(43)27-14-10-15-29(24-27)45-35-20-8-6-16-31(35)32-23-22-28(25-37(32)45)40-42-34-19-11-17-30(38(34)44(40)2)26-12-4-3-5-13-26;/h3-23H,1-2H3;/q-2;+2. The second-order valence-electron chi connectivity index (χ2n) is 11.5. The van der Waals surface area contributed by atoms with Gasteiger partial charge < -0.3 is 13.7 Å². The van der Waals surface area contributed by atoms with Gasteiger partial charge in [0.2, 0.25) is 0 Å². The van der Waals surface area contributed by atoms with E-state index in [2.05, 4.69) is 149 Å². The van der Waals surface area contributed by atoms with Crippen LogP contribution < -0.4 is 0 Å². The molecule has 46 heavy (non-hydrogen) atoms. The maximum absolute atomic E-state index is 5.12. The Hall–Kier alpha value is -5.25. The van der Waals surface area contributed by atoms with E-state index in [9.17, 15) is 0 Å². The average molecular weight is 773 g/mol. The van der Waals surface area contributed by atoms with E-state index in [-0.39, 0.29) is 21.1 Å². The topological polar surface area (TPSA) is 40.6 Å². The molecule has 0 spiro atoms. The average Bonchev–Trinajstić information content (AvgIpc) is 3.74. The van der Waals surface area contributed by atoms with Crippen molar-refractivity contribution in [3.05, 3.63) is 140 Å². The molecule has 9 rings (SSSR count). The Labute approximate surface area is 280 Å². The SMILES string of the molecule is Cn1c(-c2[c-]c(-n3c4[c-]c(-c5nc6cccc(-c7ccccc7)c6n5C)ccc4c4ccccc43)ccc2)nc2ccccc21.[Pt+2]. The summed E-state index contributed by atoms with van der Waals surface area (Å²) in [6.07, 6.45) is 0. The summed E-state index contributed by atoms with van der Waals surface area (Å²) < 4.78 is 6.59. The molecule has 9 aromatic rings. The first-order chi connectivity index (χ1) is 22.2. The first kappa shape index (κ1) is 28.2. The van der Waals surface area contributed by atoms with Gasteiger partial charge in [0.1, 0.15) is 0 Å². The van der Waals surface area contributed by atoms with Crippen LogP contribution in [-0.4, -0.2) is 23.7 Å². The Kier molecular flexibility index (Phi) is 6.74. The second-order valence-corrected chi connectivity index (χ2v) is 11.5. The van der Waals surface area contributed by atoms with Gasteiger partial charge in [-0.1, -0.05) is 78.2 Å². The molecular weight excluding hydrogens is 746 g/mol. The van der Waals surface area contributed by atoms with Crippen LogP contribution in [0.3, 0.4) is 0 Å². The molecule has 0 aliphatic carbocycles. The predicted octanol–water partition coefficient (Wildman–Crippen LogP) is 9.16. The van der Waals surface area contributed by atoms with Crippen LogP contribution >= 0.6 is 0 Å². The molecule has 5 nitrogen and oxygen atoms in total. The van der Waals surface area contributed by atoms with E-state index < -0.39 is 0 Å². The molecule has 6 aromatic carbocycles. The van der Waals surface area contributed by atoms with Crippen molar-refractivity contribution in [1.29, 1.82) is 0 Å². The third kappa shape index (κ3) is 4.27. The van der Waals surface area contributed by atoms with Gasteiger partial charge in [-0.2, -0.15) is 0 Å². The fraction of sp³-hybridized carbons (Fsp3) is 0.0500. The van der Waals surface area contributed by atoms with Gasteiger partial charge in [0.25, 0.3) is 0 Å². The molecule has 0 unspecified atom stereocenters. The molecule has 3 heterocycles. The summed E-state index contributed by atoms with van der Waals surface area (Å²) >= 11 is 0. The normalized spacial score (nSPS) is 11.5. The van der Waals surface area contributed by atoms with Crippen LogP contribution in [-0.2, 0) is 35.2 Å². The van der Waals surface area contributed by atoms with E-state index in [0.717, 1.165) is 72.5 Å². The quantitative estimate of drug-likeness (QED) is 0.168. The number of para-hydroxylation sites is 4. The molecule has 0 atom stereocenters. The summed E-state index contributed by atoms with van der Waals surface area (Å²) in [5, 5.41) is 2.31. The van der Waals surface area contributed by atoms with Crippen molar-refractivity contribution in [1.82, 2.24) is 23.7 Å². The number of aryl methyl sites for hydroxylation is 2. The van der Waals surface area contributed by atoms with E-state index in [1.165, 1.54) is 10.9 Å². The molecule has 0 amide bonds. The van der Waals surface area contributed by atoms with Crippen LogP contribution in [0.5, 0.6) is 0 Å². The monoisotopic (exact) mass is 772 g/mol. The Bertz CT molecular complexity index is 2570. The Morgan fingerprint density at radius 3 is 2.04 bits per heavy atom. The van der Waals surface area contributed by atoms with E-state index >= 15 is 0 Å². The van der Waals surface area contributed by atoms with Crippen LogP contribution in [0.25, 0.3) is 83.5 Å². The van der Waals surface area contributed by atoms with Crippen LogP contribution in [0.2, 0.25) is 0 Å². The van der Waals surface area contributed by atoms with E-state index in [4.69, 9.17) is 9.97 Å². The summed E-state index contributed by atoms with van der Waals surface area (Å²) in [7, 11) is 4.16. The number of imidazole rings is 2. The second kappa shape index (κ2) is 11.0. The fourth-order valence-electron chi connectivity index (χ4n) is 6.74. The van der Waals surface area contributed by atoms with Gasteiger partial charge in [-0.3, -0.25) is 9.97 Å². The van der Waals surface area contributed by atoms with Crippen molar-refractivity contribution < 1.29 is 21.1 Å². The summed E-state index contributed by atoms with van der Waals surface area (Å²) in [5.74, 6) is 1.77. The minimum absolute atomic E-state index is 0. The minimum atomic E-state index is 0. The summed E-state index contributed by atoms with van der Waals surface area (Å²) in [6, 6.07) is 51.7. The van der Waals surface area contributed by atoms with Gasteiger partial charge in [0.15, 0.2) is 0 Å². The first-order valence-electron chi connectivity index (χ1n) is 15.1. The van der Waals surface area contributed by atoms with Gasteiger partial charge in [0.05, 0.1) is 33.7 Å². The Balaban J connectivity index is 0.00000312. The first-order valence-corrected chi connectivity index (χ1v) is 15.1. The van der Waals surface area contributed by atoms with Gasteiger partial charge in [-0.05, 0) is 46.4 Å². The summed E-state index contributed by atoms with van der Waals surface area (Å²) in [6.45, 7) is 0. The fourth-order valence-corrected chi connectivity index (χ4v) is 6.74. The maximum Gasteiger partial charge on any atom is 2.00 e. The van der Waals surface area contributed by atoms with E-state index in [1.54, 1.807) is 0 Å². The van der Waals surface area contributed by atoms with Crippen LogP contribution in [0, 0.1) is 12.1 Å². The van der Waals surface area contributed by atoms with Crippen molar-refractivity contribution in [2.24, 2.45) is 14.1 Å². The number of hydrogen-bond donors (Lipinski definition) is 0. The molecule has 0 bridgehead atoms. The van der Waals surface area contributed by atoms with Crippen molar-refractivity contribution >= 4 is 43.9 Å². The molecule has 0 N–H and O–H groups in total. The van der Waals surface area contributed by atoms with Gasteiger partial charge in [-0.25, -0.2) is 0 Å². The molecule has 0 aliphatic rings. The van der Waals surface area contributed by atoms with Gasteiger partial charge >= 0.3 is 21.1 Å². The maximum atomic E-state index is 5.12. The number of fused-ring (bicyclic) bond motifs is 5. The van der Waals surface area contributed by atoms with Crippen LogP contribution in [0.4, 0.5) is 0 Å². The molecule has 6 heteroatoms. The zero-order valence-electron chi connectivity index (χ0n) is 25.2. The minimum Gasteiger partial charge on any atom is -0.367 e. The number of rotatable bonds is 4. The van der Waals surface area contributed by atoms with Crippen LogP contribution in [0.15, 0.2) is 127 Å². The molecule has 222 valence electrons. The summed E-state index contributed by atoms with van der Waals surface area (Å²) in [4.78, 5) is 10.1. The van der Waals surface area contributed by atoms with Crippen molar-refractivity contribution in [2.45, 2.75) is 0 Å². The molecule has 0 saturated carbocycles. The molecule has 0 saturated heterocycles. The molecular formula is C40H27N5Pt. The molecule has 0 aliphatic heterocycles. The largest absolute Gasteiger partial charge is 2.00 e. The smallest absolute Gasteiger partial charge is 0.367 e. The van der Waals surface area contributed by atoms with E-state index in [1.807, 2.05) is 18.2 Å². The van der Waals surface area contributed by atoms with Gasteiger partial charge in [-0.15, -0.1) is 53.6 Å². The molecule has 0 radical (unpaired) electrons. The molecule has 3 aromatic heterocycles. The zero-order valence-corrected chi connectivity index (χ0v) is 27.4. The molecule has 0 fully saturated rings. The van der Waals surface area contributed by atoms with E-state index in [0.29, 0.717) is 0 Å². The van der Waals surface area contributed by atoms with Crippen molar-refractivity contribution in [3.8, 4) is 39.6 Å². The van der Waals surface area contributed by atoms with Gasteiger partial charge in [0, 0.05) is 25.2 Å². The number of benzene rings is 6. The Morgan fingerprint density at radius 2 is 1.20 bits per heavy atom. The Morgan fingerprint density at radius 1 is 0.522 bits per heavy atom. The third-order valence-electron chi connectivity index (χ3n) is 8.85. The number of nitrogens with zero attached hydrogens (tertiary/aromatic N) is 5. The zero-order chi connectivity index (χ0) is 30.1. The third-order valence-corrected chi connectivity index (χ3v) is 8.85. The van der Waals surface area contributed by atoms with Crippen molar-refractivity contribution in [2.75, 3.05) is 0 Å².